The zero-order chi connectivity index (χ0) is 20.8. The van der Waals surface area contributed by atoms with E-state index >= 15 is 0 Å². The molecule has 1 atom stereocenters. The number of Topliss-reactive ketones (excluding diaryl/α,β-unsaturated/α-hetero) is 1. The third-order valence-electron chi connectivity index (χ3n) is 5.33. The largest absolute Gasteiger partial charge is 0.395 e. The summed E-state index contributed by atoms with van der Waals surface area (Å²) in [4.78, 5) is 42.4. The minimum absolute atomic E-state index is 0.0942. The molecule has 0 aliphatic carbocycles. The Morgan fingerprint density at radius 2 is 1.36 bits per heavy atom. The van der Waals surface area contributed by atoms with Crippen LogP contribution in [-0.2, 0) is 14.4 Å². The van der Waals surface area contributed by atoms with Gasteiger partial charge in [-0.15, -0.1) is 0 Å². The van der Waals surface area contributed by atoms with Crippen LogP contribution in [0.2, 0.25) is 0 Å². The molecule has 0 amide bonds. The molecule has 0 radical (unpaired) electrons. The maximum Gasteiger partial charge on any atom is 0.143 e. The fourth-order valence-electron chi connectivity index (χ4n) is 3.69. The highest BCUT2D eigenvalue weighted by Crippen LogP contribution is 2.09. The molecule has 0 spiro atoms. The molecule has 1 aliphatic rings. The highest BCUT2D eigenvalue weighted by atomic mass is 16.3. The number of nitrogens with zero attached hydrogens (tertiary/aromatic N) is 4. The number of carbonyl (C=O) groups excluding carboxylic acids is 3. The Bertz CT molecular complexity index is 463. The molecule has 1 saturated heterocycles. The molecule has 0 aromatic rings. The number of ketones is 1. The van der Waals surface area contributed by atoms with Gasteiger partial charge in [0.1, 0.15) is 18.4 Å². The SMILES string of the molecule is CCCC(CO)N1CCN(CC=O)CCN(CC=O)CCN(CC(C)=O)CC1. The van der Waals surface area contributed by atoms with Crippen molar-refractivity contribution in [2.45, 2.75) is 32.7 Å². The van der Waals surface area contributed by atoms with Crippen LogP contribution in [0.3, 0.4) is 0 Å². The lowest BCUT2D eigenvalue weighted by atomic mass is 10.1. The lowest BCUT2D eigenvalue weighted by Gasteiger charge is -2.36. The number of aliphatic hydroxyl groups is 1. The Morgan fingerprint density at radius 1 is 0.893 bits per heavy atom. The summed E-state index contributed by atoms with van der Waals surface area (Å²) >= 11 is 0. The Hall–Kier alpha value is -1.19. The fourth-order valence-corrected chi connectivity index (χ4v) is 3.69. The van der Waals surface area contributed by atoms with Crippen LogP contribution in [0.5, 0.6) is 0 Å². The number of aliphatic hydroxyl groups excluding tert-OH is 1. The topological polar surface area (TPSA) is 84.4 Å². The van der Waals surface area contributed by atoms with Gasteiger partial charge in [-0.25, -0.2) is 0 Å². The number of rotatable bonds is 10. The standard InChI is InChI=1S/C20H38N4O4/c1-3-4-20(18-27)24-11-9-22(14-16-26)6-5-21(13-15-25)7-8-23(10-12-24)17-19(2)28/h15-16,20,27H,3-14,17-18H2,1-2H3. The lowest BCUT2D eigenvalue weighted by Crippen LogP contribution is -2.50. The van der Waals surface area contributed by atoms with Crippen LogP contribution in [0.15, 0.2) is 0 Å². The minimum atomic E-state index is 0.0942. The Balaban J connectivity index is 2.91. The lowest BCUT2D eigenvalue weighted by molar-refractivity contribution is -0.118. The van der Waals surface area contributed by atoms with Crippen molar-refractivity contribution in [2.75, 3.05) is 78.6 Å². The molecule has 0 aromatic carbocycles. The summed E-state index contributed by atoms with van der Waals surface area (Å²) in [7, 11) is 0. The smallest absolute Gasteiger partial charge is 0.143 e. The molecule has 1 unspecified atom stereocenters. The molecule has 1 aliphatic heterocycles. The highest BCUT2D eigenvalue weighted by molar-refractivity contribution is 5.77. The van der Waals surface area contributed by atoms with Crippen LogP contribution >= 0.6 is 0 Å². The number of carbonyl (C=O) groups is 3. The van der Waals surface area contributed by atoms with Crippen LogP contribution in [0.25, 0.3) is 0 Å². The summed E-state index contributed by atoms with van der Waals surface area (Å²) in [5.41, 5.74) is 0. The number of aldehydes is 2. The predicted octanol–water partition coefficient (Wildman–Crippen LogP) is -0.644. The highest BCUT2D eigenvalue weighted by Gasteiger charge is 2.21. The second-order valence-corrected chi connectivity index (χ2v) is 7.57. The third kappa shape index (κ3) is 9.84. The van der Waals surface area contributed by atoms with Crippen molar-refractivity contribution < 1.29 is 19.5 Å². The molecule has 1 heterocycles. The Morgan fingerprint density at radius 3 is 1.79 bits per heavy atom. The number of hydrogen-bond donors (Lipinski definition) is 1. The molecule has 8 heteroatoms. The average molecular weight is 399 g/mol. The summed E-state index contributed by atoms with van der Waals surface area (Å²) in [6.07, 6.45) is 3.75. The molecule has 0 aromatic heterocycles. The first-order chi connectivity index (χ1) is 13.5. The van der Waals surface area contributed by atoms with Gasteiger partial charge in [-0.1, -0.05) is 13.3 Å². The second kappa shape index (κ2) is 14.8. The molecule has 1 fully saturated rings. The van der Waals surface area contributed by atoms with E-state index in [-0.39, 0.29) is 18.4 Å². The first kappa shape index (κ1) is 24.8. The third-order valence-corrected chi connectivity index (χ3v) is 5.33. The van der Waals surface area contributed by atoms with Crippen LogP contribution in [0.4, 0.5) is 0 Å². The van der Waals surface area contributed by atoms with Crippen molar-refractivity contribution in [1.82, 2.24) is 19.6 Å². The van der Waals surface area contributed by atoms with Crippen molar-refractivity contribution in [2.24, 2.45) is 0 Å². The van der Waals surface area contributed by atoms with E-state index < -0.39 is 0 Å². The molecule has 1 rings (SSSR count). The van der Waals surface area contributed by atoms with Crippen LogP contribution in [0, 0.1) is 0 Å². The van der Waals surface area contributed by atoms with Gasteiger partial charge in [0.25, 0.3) is 0 Å². The normalized spacial score (nSPS) is 20.8. The molecular weight excluding hydrogens is 360 g/mol. The zero-order valence-electron chi connectivity index (χ0n) is 17.6. The van der Waals surface area contributed by atoms with E-state index in [1.807, 2.05) is 0 Å². The predicted molar refractivity (Wildman–Crippen MR) is 109 cm³/mol. The molecule has 28 heavy (non-hydrogen) atoms. The maximum absolute atomic E-state index is 11.7. The fraction of sp³-hybridized carbons (Fsp3) is 0.850. The number of hydrogen-bond acceptors (Lipinski definition) is 8. The first-order valence-corrected chi connectivity index (χ1v) is 10.4. The van der Waals surface area contributed by atoms with Gasteiger partial charge in [-0.3, -0.25) is 24.4 Å². The Labute approximate surface area is 169 Å². The molecule has 1 N–H and O–H groups in total. The van der Waals surface area contributed by atoms with Gasteiger partial charge in [0.05, 0.1) is 26.2 Å². The maximum atomic E-state index is 11.7. The summed E-state index contributed by atoms with van der Waals surface area (Å²) in [6, 6.07) is 0.0942. The molecule has 0 bridgehead atoms. The van der Waals surface area contributed by atoms with Crippen LogP contribution in [0.1, 0.15) is 26.7 Å². The summed E-state index contributed by atoms with van der Waals surface area (Å²) in [5.74, 6) is 0.130. The molecule has 0 saturated carbocycles. The van der Waals surface area contributed by atoms with Crippen molar-refractivity contribution in [3.63, 3.8) is 0 Å². The van der Waals surface area contributed by atoms with Crippen LogP contribution in [-0.4, -0.2) is 128 Å². The first-order valence-electron chi connectivity index (χ1n) is 10.4. The molecule has 8 nitrogen and oxygen atoms in total. The van der Waals surface area contributed by atoms with Gasteiger partial charge in [0, 0.05) is 58.4 Å². The second-order valence-electron chi connectivity index (χ2n) is 7.57. The summed E-state index contributed by atoms with van der Waals surface area (Å²) in [6.45, 7) is 10.8. The average Bonchev–Trinajstić information content (AvgIpc) is 2.66. The van der Waals surface area contributed by atoms with E-state index in [2.05, 4.69) is 26.5 Å². The van der Waals surface area contributed by atoms with Gasteiger partial charge < -0.3 is 14.7 Å². The summed E-state index contributed by atoms with van der Waals surface area (Å²) in [5, 5.41) is 9.85. The van der Waals surface area contributed by atoms with E-state index in [1.54, 1.807) is 6.92 Å². The van der Waals surface area contributed by atoms with Gasteiger partial charge in [0.15, 0.2) is 0 Å². The Kier molecular flexibility index (Phi) is 13.1. The minimum Gasteiger partial charge on any atom is -0.395 e. The van der Waals surface area contributed by atoms with E-state index in [0.717, 1.165) is 51.6 Å². The molecular formula is C20H38N4O4. The van der Waals surface area contributed by atoms with Crippen molar-refractivity contribution in [3.05, 3.63) is 0 Å². The monoisotopic (exact) mass is 398 g/mol. The van der Waals surface area contributed by atoms with Crippen LogP contribution < -0.4 is 0 Å². The zero-order valence-corrected chi connectivity index (χ0v) is 17.6. The van der Waals surface area contributed by atoms with E-state index in [9.17, 15) is 19.5 Å². The van der Waals surface area contributed by atoms with Crippen molar-refractivity contribution in [1.29, 1.82) is 0 Å². The molecule has 162 valence electrons. The van der Waals surface area contributed by atoms with Crippen molar-refractivity contribution >= 4 is 18.4 Å². The van der Waals surface area contributed by atoms with E-state index in [1.165, 1.54) is 0 Å². The van der Waals surface area contributed by atoms with Gasteiger partial charge in [-0.2, -0.15) is 0 Å². The van der Waals surface area contributed by atoms with E-state index in [4.69, 9.17) is 0 Å². The van der Waals surface area contributed by atoms with Gasteiger partial charge >= 0.3 is 0 Å². The van der Waals surface area contributed by atoms with E-state index in [0.29, 0.717) is 45.8 Å². The van der Waals surface area contributed by atoms with Gasteiger partial charge in [-0.05, 0) is 13.3 Å². The van der Waals surface area contributed by atoms with Gasteiger partial charge in [0.2, 0.25) is 0 Å². The summed E-state index contributed by atoms with van der Waals surface area (Å²) < 4.78 is 0. The quantitative estimate of drug-likeness (QED) is 0.487. The van der Waals surface area contributed by atoms with Crippen molar-refractivity contribution in [3.8, 4) is 0 Å².